The lowest BCUT2D eigenvalue weighted by Crippen LogP contribution is -2.39. The molecule has 0 saturated carbocycles. The van der Waals surface area contributed by atoms with Crippen molar-refractivity contribution < 1.29 is 23.4 Å². The largest absolute Gasteiger partial charge is 0.493 e. The lowest BCUT2D eigenvalue weighted by Gasteiger charge is -2.33. The van der Waals surface area contributed by atoms with E-state index in [2.05, 4.69) is 56.8 Å². The van der Waals surface area contributed by atoms with Gasteiger partial charge in [0.15, 0.2) is 11.5 Å². The maximum absolute atomic E-state index is 14.0. The number of hydrogen-bond donors (Lipinski definition) is 0. The number of anilines is 1. The number of methoxy groups -OCH3 is 3. The Hall–Kier alpha value is -5.09. The molecule has 1 atom stereocenters. The van der Waals surface area contributed by atoms with Gasteiger partial charge in [0.05, 0.1) is 38.9 Å². The summed E-state index contributed by atoms with van der Waals surface area (Å²) < 4.78 is 32.5. The first-order chi connectivity index (χ1) is 24.9. The van der Waals surface area contributed by atoms with Crippen LogP contribution in [0.25, 0.3) is 11.0 Å². The summed E-state index contributed by atoms with van der Waals surface area (Å²) in [6.45, 7) is 6.54. The molecule has 2 saturated heterocycles. The number of fused-ring (bicyclic) bond motifs is 1. The van der Waals surface area contributed by atoms with E-state index in [0.717, 1.165) is 74.5 Å². The predicted octanol–water partition coefficient (Wildman–Crippen LogP) is 6.64. The van der Waals surface area contributed by atoms with E-state index in [1.54, 1.807) is 33.5 Å². The number of likely N-dealkylation sites (tertiary alicyclic amines) is 1. The van der Waals surface area contributed by atoms with Crippen LogP contribution in [0.5, 0.6) is 17.2 Å². The first-order valence-electron chi connectivity index (χ1n) is 17.7. The van der Waals surface area contributed by atoms with Crippen LogP contribution in [0.3, 0.4) is 0 Å². The molecule has 1 unspecified atom stereocenters. The van der Waals surface area contributed by atoms with Gasteiger partial charge in [0.25, 0.3) is 5.91 Å². The van der Waals surface area contributed by atoms with Gasteiger partial charge in [-0.15, -0.1) is 0 Å². The molecule has 1 aromatic heterocycles. The zero-order valence-electron chi connectivity index (χ0n) is 29.7. The molecule has 51 heavy (non-hydrogen) atoms. The van der Waals surface area contributed by atoms with Crippen LogP contribution in [0.1, 0.15) is 40.7 Å². The van der Waals surface area contributed by atoms with Crippen LogP contribution >= 0.6 is 0 Å². The molecule has 0 bridgehead atoms. The number of hydrogen-bond acceptors (Lipinski definition) is 7. The minimum absolute atomic E-state index is 0.0407. The number of ether oxygens (including phenoxy) is 3. The molecule has 7 rings (SSSR count). The molecule has 2 aliphatic heterocycles. The number of imidazole rings is 1. The fourth-order valence-electron chi connectivity index (χ4n) is 7.81. The molecule has 266 valence electrons. The van der Waals surface area contributed by atoms with Gasteiger partial charge in [-0.05, 0) is 79.9 Å². The Morgan fingerprint density at radius 2 is 1.55 bits per heavy atom. The zero-order valence-corrected chi connectivity index (χ0v) is 29.7. The van der Waals surface area contributed by atoms with Crippen molar-refractivity contribution in [3.05, 3.63) is 114 Å². The van der Waals surface area contributed by atoms with E-state index in [1.165, 1.54) is 17.7 Å². The number of rotatable bonds is 11. The van der Waals surface area contributed by atoms with E-state index in [-0.39, 0.29) is 17.1 Å². The normalized spacial score (nSPS) is 18.2. The average molecular weight is 692 g/mol. The van der Waals surface area contributed by atoms with E-state index in [9.17, 15) is 9.18 Å². The average Bonchev–Trinajstić information content (AvgIpc) is 3.69. The predicted molar refractivity (Wildman–Crippen MR) is 198 cm³/mol. The summed E-state index contributed by atoms with van der Waals surface area (Å²) in [6, 6.07) is 29.1. The van der Waals surface area contributed by atoms with Gasteiger partial charge in [-0.3, -0.25) is 4.79 Å². The van der Waals surface area contributed by atoms with Crippen molar-refractivity contribution in [2.24, 2.45) is 0 Å². The first-order valence-corrected chi connectivity index (χ1v) is 17.7. The molecule has 5 aromatic rings. The van der Waals surface area contributed by atoms with E-state index in [4.69, 9.17) is 19.2 Å². The van der Waals surface area contributed by atoms with Gasteiger partial charge in [-0.1, -0.05) is 54.6 Å². The van der Waals surface area contributed by atoms with Crippen LogP contribution in [0.15, 0.2) is 91.0 Å². The van der Waals surface area contributed by atoms with Crippen LogP contribution in [-0.4, -0.2) is 92.4 Å². The Balaban J connectivity index is 1.07. The van der Waals surface area contributed by atoms with Crippen LogP contribution in [0.2, 0.25) is 0 Å². The Labute approximate surface area is 299 Å². The van der Waals surface area contributed by atoms with Crippen LogP contribution in [0, 0.1) is 5.82 Å². The van der Waals surface area contributed by atoms with Gasteiger partial charge in [0, 0.05) is 43.7 Å². The number of carbonyl (C=O) groups excluding carboxylic acids is 1. The topological polar surface area (TPSA) is 72.3 Å². The Bertz CT molecular complexity index is 1940. The summed E-state index contributed by atoms with van der Waals surface area (Å²) in [5.74, 6) is 2.09. The summed E-state index contributed by atoms with van der Waals surface area (Å²) in [6.07, 6.45) is 2.85. The van der Waals surface area contributed by atoms with Gasteiger partial charge < -0.3 is 33.5 Å². The summed E-state index contributed by atoms with van der Waals surface area (Å²) in [5, 5.41) is 0. The second-order valence-corrected chi connectivity index (χ2v) is 13.6. The molecule has 3 heterocycles. The Kier molecular flexibility index (Phi) is 10.1. The molecule has 10 heteroatoms. The monoisotopic (exact) mass is 691 g/mol. The van der Waals surface area contributed by atoms with Crippen molar-refractivity contribution in [3.8, 4) is 17.2 Å². The number of para-hydroxylation sites is 2. The number of benzene rings is 4. The summed E-state index contributed by atoms with van der Waals surface area (Å²) in [4.78, 5) is 26.0. The molecule has 9 nitrogen and oxygen atoms in total. The molecule has 4 aromatic carbocycles. The molecule has 0 aliphatic carbocycles. The van der Waals surface area contributed by atoms with Crippen LogP contribution < -0.4 is 19.1 Å². The highest BCUT2D eigenvalue weighted by Crippen LogP contribution is 2.41. The number of aromatic nitrogens is 2. The summed E-state index contributed by atoms with van der Waals surface area (Å²) in [7, 11) is 4.69. The van der Waals surface area contributed by atoms with Crippen molar-refractivity contribution in [2.45, 2.75) is 31.2 Å². The molecule has 2 fully saturated rings. The van der Waals surface area contributed by atoms with Crippen molar-refractivity contribution in [1.29, 1.82) is 0 Å². The lowest BCUT2D eigenvalue weighted by molar-refractivity contribution is 0.0780. The molecular weight excluding hydrogens is 645 g/mol. The molecule has 0 spiro atoms. The third kappa shape index (κ3) is 7.10. The SMILES string of the molecule is COc1cc(C(=O)N2CCC(CCN3CCCN(c4nc5ccccc5n4Cc4ccc(F)cc4)CC3)(c3ccccc3)C2)cc(OC)c1OC. The molecular formula is C41H46FN5O4. The van der Waals surface area contributed by atoms with Gasteiger partial charge in [-0.25, -0.2) is 9.37 Å². The van der Waals surface area contributed by atoms with Crippen LogP contribution in [0.4, 0.5) is 10.3 Å². The zero-order chi connectivity index (χ0) is 35.4. The minimum Gasteiger partial charge on any atom is -0.493 e. The summed E-state index contributed by atoms with van der Waals surface area (Å²) in [5.41, 5.74) is 4.72. The number of amides is 1. The number of nitrogens with zero attached hydrogens (tertiary/aromatic N) is 5. The third-order valence-corrected chi connectivity index (χ3v) is 10.6. The van der Waals surface area contributed by atoms with E-state index >= 15 is 0 Å². The molecule has 0 radical (unpaired) electrons. The quantitative estimate of drug-likeness (QED) is 0.154. The standard InChI is InChI=1S/C41H46FN5O4/c1-49-36-26-31(27-37(50-2)38(36)51-3)39(48)46-23-19-41(29-46,32-10-5-4-6-11-32)18-22-44-20-9-21-45(25-24-44)40-43-34-12-7-8-13-35(34)47(40)28-30-14-16-33(42)17-15-30/h4-8,10-17,26-27H,9,18-25,28-29H2,1-3H3. The first kappa shape index (κ1) is 34.4. The van der Waals surface area contributed by atoms with E-state index in [1.807, 2.05) is 29.2 Å². The van der Waals surface area contributed by atoms with Crippen molar-refractivity contribution in [1.82, 2.24) is 19.4 Å². The third-order valence-electron chi connectivity index (χ3n) is 10.6. The molecule has 0 N–H and O–H groups in total. The van der Waals surface area contributed by atoms with E-state index < -0.39 is 0 Å². The Morgan fingerprint density at radius 3 is 2.27 bits per heavy atom. The smallest absolute Gasteiger partial charge is 0.254 e. The Morgan fingerprint density at radius 1 is 0.824 bits per heavy atom. The fourth-order valence-corrected chi connectivity index (χ4v) is 7.81. The maximum Gasteiger partial charge on any atom is 0.254 e. The van der Waals surface area contributed by atoms with Crippen molar-refractivity contribution in [3.63, 3.8) is 0 Å². The highest BCUT2D eigenvalue weighted by molar-refractivity contribution is 5.96. The summed E-state index contributed by atoms with van der Waals surface area (Å²) >= 11 is 0. The number of carbonyl (C=O) groups is 1. The maximum atomic E-state index is 14.0. The van der Waals surface area contributed by atoms with Gasteiger partial charge in [-0.2, -0.15) is 0 Å². The second kappa shape index (κ2) is 15.0. The fraction of sp³-hybridized carbons (Fsp3) is 0.366. The number of halogens is 1. The minimum atomic E-state index is -0.230. The van der Waals surface area contributed by atoms with E-state index in [0.29, 0.717) is 42.4 Å². The van der Waals surface area contributed by atoms with Gasteiger partial charge >= 0.3 is 0 Å². The highest BCUT2D eigenvalue weighted by Gasteiger charge is 2.42. The second-order valence-electron chi connectivity index (χ2n) is 13.6. The molecule has 2 aliphatic rings. The van der Waals surface area contributed by atoms with Gasteiger partial charge in [0.1, 0.15) is 5.82 Å². The molecule has 1 amide bonds. The lowest BCUT2D eigenvalue weighted by atomic mass is 9.76. The van der Waals surface area contributed by atoms with Gasteiger partial charge in [0.2, 0.25) is 11.7 Å². The van der Waals surface area contributed by atoms with Crippen molar-refractivity contribution in [2.75, 3.05) is 72.0 Å². The highest BCUT2D eigenvalue weighted by atomic mass is 19.1. The van der Waals surface area contributed by atoms with Crippen LogP contribution in [-0.2, 0) is 12.0 Å². The van der Waals surface area contributed by atoms with Crippen molar-refractivity contribution >= 4 is 22.9 Å².